The molecule has 0 fully saturated rings. The molecule has 0 amide bonds. The van der Waals surface area contributed by atoms with Crippen LogP contribution < -0.4 is 5.32 Å². The van der Waals surface area contributed by atoms with Gasteiger partial charge in [0.25, 0.3) is 0 Å². The van der Waals surface area contributed by atoms with E-state index in [4.69, 9.17) is 5.11 Å². The summed E-state index contributed by atoms with van der Waals surface area (Å²) >= 11 is 0. The molecule has 1 atom stereocenters. The molecular weight excluding hydrogens is 292 g/mol. The van der Waals surface area contributed by atoms with Crippen molar-refractivity contribution in [3.05, 3.63) is 28.6 Å². The molecule has 2 N–H and O–H groups in total. The van der Waals surface area contributed by atoms with E-state index in [1.54, 1.807) is 0 Å². The highest BCUT2D eigenvalue weighted by Crippen LogP contribution is 2.17. The molecule has 1 aliphatic rings. The maximum atomic E-state index is 9.11. The van der Waals surface area contributed by atoms with E-state index in [-0.39, 0.29) is 6.61 Å². The first kappa shape index (κ1) is 16.1. The monoisotopic (exact) mass is 318 g/mol. The fourth-order valence-corrected chi connectivity index (χ4v) is 3.36. The van der Waals surface area contributed by atoms with E-state index in [2.05, 4.69) is 39.0 Å². The van der Waals surface area contributed by atoms with Crippen molar-refractivity contribution >= 4 is 0 Å². The van der Waals surface area contributed by atoms with Gasteiger partial charge in [-0.3, -0.25) is 4.68 Å². The zero-order chi connectivity index (χ0) is 16.4. The first-order chi connectivity index (χ1) is 11.1. The van der Waals surface area contributed by atoms with Crippen molar-refractivity contribution in [1.29, 1.82) is 0 Å². The smallest absolute Gasteiger partial charge is 0.133 e. The van der Waals surface area contributed by atoms with Gasteiger partial charge in [-0.05, 0) is 20.3 Å². The Labute approximate surface area is 136 Å². The van der Waals surface area contributed by atoms with E-state index in [1.807, 2.05) is 11.6 Å². The Bertz CT molecular complexity index is 661. The molecule has 0 radical (unpaired) electrons. The summed E-state index contributed by atoms with van der Waals surface area (Å²) in [5.74, 6) is 2.19. The van der Waals surface area contributed by atoms with Crippen LogP contribution >= 0.6 is 0 Å². The zero-order valence-electron chi connectivity index (χ0n) is 14.2. The zero-order valence-corrected chi connectivity index (χ0v) is 14.2. The molecular formula is C16H26N6O. The van der Waals surface area contributed by atoms with Crippen LogP contribution in [0.4, 0.5) is 0 Å². The molecule has 0 spiro atoms. The molecule has 126 valence electrons. The van der Waals surface area contributed by atoms with E-state index >= 15 is 0 Å². The Morgan fingerprint density at radius 1 is 1.30 bits per heavy atom. The lowest BCUT2D eigenvalue weighted by molar-refractivity contribution is 0.267. The van der Waals surface area contributed by atoms with Crippen molar-refractivity contribution in [3.8, 4) is 0 Å². The van der Waals surface area contributed by atoms with Crippen LogP contribution in [-0.4, -0.2) is 42.3 Å². The molecule has 23 heavy (non-hydrogen) atoms. The fraction of sp³-hybridized carbons (Fsp3) is 0.688. The van der Waals surface area contributed by atoms with Crippen LogP contribution in [0, 0.1) is 13.8 Å². The summed E-state index contributed by atoms with van der Waals surface area (Å²) < 4.78 is 4.15. The maximum absolute atomic E-state index is 9.11. The van der Waals surface area contributed by atoms with Gasteiger partial charge in [0.2, 0.25) is 0 Å². The minimum atomic E-state index is 0.119. The van der Waals surface area contributed by atoms with E-state index in [9.17, 15) is 0 Å². The quantitative estimate of drug-likeness (QED) is 0.821. The molecule has 2 aromatic heterocycles. The van der Waals surface area contributed by atoms with Crippen LogP contribution in [0.15, 0.2) is 0 Å². The number of fused-ring (bicyclic) bond motifs is 1. The van der Waals surface area contributed by atoms with Gasteiger partial charge in [0.15, 0.2) is 0 Å². The lowest BCUT2D eigenvalue weighted by Crippen LogP contribution is -2.37. The molecule has 0 aromatic carbocycles. The molecule has 7 heteroatoms. The second-order valence-corrected chi connectivity index (χ2v) is 6.21. The van der Waals surface area contributed by atoms with Crippen molar-refractivity contribution in [3.63, 3.8) is 0 Å². The predicted molar refractivity (Wildman–Crippen MR) is 87.1 cm³/mol. The van der Waals surface area contributed by atoms with E-state index in [1.165, 1.54) is 5.56 Å². The average molecular weight is 318 g/mol. The number of hydrogen-bond donors (Lipinski definition) is 2. The summed E-state index contributed by atoms with van der Waals surface area (Å²) in [6, 6.07) is 0.434. The van der Waals surface area contributed by atoms with Crippen molar-refractivity contribution in [2.24, 2.45) is 0 Å². The van der Waals surface area contributed by atoms with Crippen LogP contribution in [0.3, 0.4) is 0 Å². The molecule has 0 saturated heterocycles. The van der Waals surface area contributed by atoms with Crippen molar-refractivity contribution < 1.29 is 5.11 Å². The van der Waals surface area contributed by atoms with Crippen LogP contribution in [0.2, 0.25) is 0 Å². The van der Waals surface area contributed by atoms with Gasteiger partial charge in [0, 0.05) is 43.2 Å². The van der Waals surface area contributed by atoms with Crippen LogP contribution in [0.5, 0.6) is 0 Å². The van der Waals surface area contributed by atoms with E-state index in [0.717, 1.165) is 55.4 Å². The Morgan fingerprint density at radius 3 is 2.87 bits per heavy atom. The van der Waals surface area contributed by atoms with Crippen molar-refractivity contribution in [1.82, 2.24) is 29.9 Å². The number of aliphatic hydroxyl groups excluding tert-OH is 1. The minimum Gasteiger partial charge on any atom is -0.394 e. The second kappa shape index (κ2) is 6.80. The fourth-order valence-electron chi connectivity index (χ4n) is 3.36. The summed E-state index contributed by atoms with van der Waals surface area (Å²) in [6.07, 6.45) is 2.99. The van der Waals surface area contributed by atoms with Gasteiger partial charge < -0.3 is 15.0 Å². The number of aliphatic hydroxyl groups is 1. The molecule has 7 nitrogen and oxygen atoms in total. The Hall–Kier alpha value is -1.73. The largest absolute Gasteiger partial charge is 0.394 e. The average Bonchev–Trinajstić information content (AvgIpc) is 3.07. The number of nitrogens with one attached hydrogen (secondary N) is 1. The molecule has 0 aliphatic carbocycles. The Balaban J connectivity index is 1.66. The summed E-state index contributed by atoms with van der Waals surface area (Å²) in [4.78, 5) is 0. The van der Waals surface area contributed by atoms with Gasteiger partial charge in [-0.25, -0.2) is 0 Å². The summed E-state index contributed by atoms with van der Waals surface area (Å²) in [7, 11) is 0. The topological polar surface area (TPSA) is 80.8 Å². The van der Waals surface area contributed by atoms with Crippen LogP contribution in [-0.2, 0) is 32.5 Å². The highest BCUT2D eigenvalue weighted by Gasteiger charge is 2.22. The molecule has 3 heterocycles. The molecule has 1 aliphatic heterocycles. The van der Waals surface area contributed by atoms with Crippen LogP contribution in [0.25, 0.3) is 0 Å². The molecule has 0 unspecified atom stereocenters. The highest BCUT2D eigenvalue weighted by atomic mass is 16.3. The molecule has 3 rings (SSSR count). The predicted octanol–water partition coefficient (Wildman–Crippen LogP) is 0.751. The molecule has 0 bridgehead atoms. The van der Waals surface area contributed by atoms with Gasteiger partial charge in [-0.15, -0.1) is 10.2 Å². The van der Waals surface area contributed by atoms with Gasteiger partial charge >= 0.3 is 0 Å². The summed E-state index contributed by atoms with van der Waals surface area (Å²) in [5, 5.41) is 25.8. The third kappa shape index (κ3) is 3.16. The maximum Gasteiger partial charge on any atom is 0.133 e. The lowest BCUT2D eigenvalue weighted by Gasteiger charge is -2.25. The van der Waals surface area contributed by atoms with E-state index in [0.29, 0.717) is 12.6 Å². The van der Waals surface area contributed by atoms with Gasteiger partial charge in [0.1, 0.15) is 11.6 Å². The first-order valence-corrected chi connectivity index (χ1v) is 8.42. The third-order valence-electron chi connectivity index (χ3n) is 4.75. The second-order valence-electron chi connectivity index (χ2n) is 6.21. The highest BCUT2D eigenvalue weighted by molar-refractivity contribution is 5.24. The van der Waals surface area contributed by atoms with Gasteiger partial charge in [-0.1, -0.05) is 6.92 Å². The Kier molecular flexibility index (Phi) is 4.77. The lowest BCUT2D eigenvalue weighted by atomic mass is 10.1. The minimum absolute atomic E-state index is 0.119. The van der Waals surface area contributed by atoms with E-state index < -0.39 is 0 Å². The van der Waals surface area contributed by atoms with Crippen LogP contribution in [0.1, 0.15) is 41.9 Å². The standard InChI is InChI=1S/C16H26N6O/c1-4-15-18-19-16-6-5-13(10-21(15)16)17-9-14-11(2)20-22(7-8-23)12(14)3/h13,17,23H,4-10H2,1-3H3/t13-/m1/s1. The SMILES string of the molecule is CCc1nnc2n1C[C@H](NCc1c(C)nn(CCO)c1C)CC2. The van der Waals surface area contributed by atoms with Crippen molar-refractivity contribution in [2.75, 3.05) is 6.61 Å². The number of hydrogen-bond acceptors (Lipinski definition) is 5. The number of aromatic nitrogens is 5. The normalized spacial score (nSPS) is 17.5. The Morgan fingerprint density at radius 2 is 2.13 bits per heavy atom. The molecule has 0 saturated carbocycles. The third-order valence-corrected chi connectivity index (χ3v) is 4.75. The number of rotatable bonds is 6. The summed E-state index contributed by atoms with van der Waals surface area (Å²) in [6.45, 7) is 8.65. The van der Waals surface area contributed by atoms with Crippen molar-refractivity contribution in [2.45, 2.75) is 65.7 Å². The van der Waals surface area contributed by atoms with Gasteiger partial charge in [0.05, 0.1) is 18.8 Å². The first-order valence-electron chi connectivity index (χ1n) is 8.42. The molecule has 2 aromatic rings. The summed E-state index contributed by atoms with van der Waals surface area (Å²) in [5.41, 5.74) is 3.42. The number of nitrogens with zero attached hydrogens (tertiary/aromatic N) is 5. The number of aryl methyl sites for hydroxylation is 3. The van der Waals surface area contributed by atoms with Gasteiger partial charge in [-0.2, -0.15) is 5.10 Å².